The molecule has 5 aromatic rings. The topological polar surface area (TPSA) is 75.4 Å². The Kier molecular flexibility index (Phi) is 7.65. The third-order valence-corrected chi connectivity index (χ3v) is 8.89. The van der Waals surface area contributed by atoms with Crippen LogP contribution in [0.5, 0.6) is 0 Å². The van der Waals surface area contributed by atoms with Crippen LogP contribution >= 0.6 is 35.0 Å². The fourth-order valence-corrected chi connectivity index (χ4v) is 6.49. The number of aromatic nitrogens is 1. The van der Waals surface area contributed by atoms with Gasteiger partial charge in [-0.3, -0.25) is 0 Å². The predicted octanol–water partition coefficient (Wildman–Crippen LogP) is 8.03. The van der Waals surface area contributed by atoms with Crippen LogP contribution in [0.1, 0.15) is 22.3 Å². The van der Waals surface area contributed by atoms with Crippen molar-refractivity contribution in [3.05, 3.63) is 129 Å². The second-order valence-corrected chi connectivity index (χ2v) is 10.8. The van der Waals surface area contributed by atoms with Gasteiger partial charge in [0.15, 0.2) is 5.58 Å². The molecule has 1 atom stereocenters. The van der Waals surface area contributed by atoms with Gasteiger partial charge < -0.3 is 14.8 Å². The highest BCUT2D eigenvalue weighted by molar-refractivity contribution is 8.00. The van der Waals surface area contributed by atoms with Crippen LogP contribution < -0.4 is 5.32 Å². The number of carboxylic acids is 1. The number of hydrogen-bond donors (Lipinski definition) is 2. The first-order valence-electron chi connectivity index (χ1n) is 11.9. The molecule has 5 nitrogen and oxygen atoms in total. The van der Waals surface area contributed by atoms with Crippen molar-refractivity contribution in [3.8, 4) is 0 Å². The van der Waals surface area contributed by atoms with Crippen molar-refractivity contribution in [1.82, 2.24) is 4.98 Å². The van der Waals surface area contributed by atoms with Crippen LogP contribution in [0.25, 0.3) is 11.1 Å². The highest BCUT2D eigenvalue weighted by Crippen LogP contribution is 2.48. The average Bonchev–Trinajstić information content (AvgIpc) is 3.35. The van der Waals surface area contributed by atoms with Crippen LogP contribution in [0.15, 0.2) is 101 Å². The van der Waals surface area contributed by atoms with E-state index in [-0.39, 0.29) is 11.8 Å². The number of oxazole rings is 1. The van der Waals surface area contributed by atoms with Crippen molar-refractivity contribution >= 4 is 58.0 Å². The van der Waals surface area contributed by atoms with Gasteiger partial charge in [0.05, 0.1) is 9.77 Å². The molecule has 0 bridgehead atoms. The van der Waals surface area contributed by atoms with Crippen LogP contribution in [0.3, 0.4) is 0 Å². The quantitative estimate of drug-likeness (QED) is 0.177. The Morgan fingerprint density at radius 2 is 1.45 bits per heavy atom. The Balaban J connectivity index is 1.54. The van der Waals surface area contributed by atoms with Crippen LogP contribution in [0.2, 0.25) is 10.0 Å². The van der Waals surface area contributed by atoms with Gasteiger partial charge in [-0.2, -0.15) is 4.98 Å². The summed E-state index contributed by atoms with van der Waals surface area (Å²) >= 11 is 14.2. The van der Waals surface area contributed by atoms with E-state index in [9.17, 15) is 9.90 Å². The van der Waals surface area contributed by atoms with E-state index in [1.807, 2.05) is 54.6 Å². The summed E-state index contributed by atoms with van der Waals surface area (Å²) in [6.07, 6.45) is 0. The summed E-state index contributed by atoms with van der Waals surface area (Å²) < 4.78 is 5.16. The molecule has 38 heavy (non-hydrogen) atoms. The maximum absolute atomic E-state index is 12.4. The standard InChI is InChI=1S/C30H24Cl2N2O3S/c1-19-23(31)17-24-27(26(19)32)37-29(33-24)34-25(28(35)36)18-38-30(20-11-5-2-6-12-20,21-13-7-3-8-14-21)22-15-9-4-10-16-22/h2-17,25H,18H2,1H3,(H,33,34)(H,35,36)/t25-/m0/s1. The van der Waals surface area contributed by atoms with E-state index in [0.717, 1.165) is 16.7 Å². The number of nitrogens with one attached hydrogen (secondary N) is 1. The largest absolute Gasteiger partial charge is 0.480 e. The minimum atomic E-state index is -1.02. The number of nitrogens with zero attached hydrogens (tertiary/aromatic N) is 1. The SMILES string of the molecule is Cc1c(Cl)cc2nc(N[C@@H](CSC(c3ccccc3)(c3ccccc3)c3ccccc3)C(=O)O)oc2c1Cl. The molecule has 5 rings (SSSR count). The first-order valence-corrected chi connectivity index (χ1v) is 13.7. The monoisotopic (exact) mass is 562 g/mol. The molecule has 0 aliphatic carbocycles. The van der Waals surface area contributed by atoms with Gasteiger partial charge in [0, 0.05) is 10.8 Å². The van der Waals surface area contributed by atoms with E-state index in [1.54, 1.807) is 13.0 Å². The fourth-order valence-electron chi connectivity index (χ4n) is 4.45. The molecule has 0 aliphatic heterocycles. The molecule has 0 saturated heterocycles. The van der Waals surface area contributed by atoms with Crippen LogP contribution in [-0.4, -0.2) is 27.9 Å². The normalized spacial score (nSPS) is 12.4. The summed E-state index contributed by atoms with van der Waals surface area (Å²) in [7, 11) is 0. The van der Waals surface area contributed by atoms with E-state index < -0.39 is 16.8 Å². The van der Waals surface area contributed by atoms with Gasteiger partial charge in [0.1, 0.15) is 11.6 Å². The highest BCUT2D eigenvalue weighted by Gasteiger charge is 2.38. The molecule has 2 N–H and O–H groups in total. The first-order chi connectivity index (χ1) is 18.4. The smallest absolute Gasteiger partial charge is 0.327 e. The number of anilines is 1. The molecule has 0 unspecified atom stereocenters. The van der Waals surface area contributed by atoms with Crippen molar-refractivity contribution in [3.63, 3.8) is 0 Å². The van der Waals surface area contributed by atoms with Crippen molar-refractivity contribution in [2.24, 2.45) is 0 Å². The minimum absolute atomic E-state index is 0.0706. The molecule has 1 aromatic heterocycles. The Morgan fingerprint density at radius 3 is 1.92 bits per heavy atom. The molecule has 192 valence electrons. The number of aliphatic carboxylic acids is 1. The fraction of sp³-hybridized carbons (Fsp3) is 0.133. The zero-order valence-electron chi connectivity index (χ0n) is 20.4. The number of hydrogen-bond acceptors (Lipinski definition) is 5. The summed E-state index contributed by atoms with van der Waals surface area (Å²) in [5, 5.41) is 13.9. The van der Waals surface area contributed by atoms with Crippen molar-refractivity contribution in [2.75, 3.05) is 11.1 Å². The number of carbonyl (C=O) groups is 1. The van der Waals surface area contributed by atoms with Gasteiger partial charge in [-0.15, -0.1) is 11.8 Å². The Morgan fingerprint density at radius 1 is 0.947 bits per heavy atom. The zero-order chi connectivity index (χ0) is 26.7. The first kappa shape index (κ1) is 26.2. The number of benzene rings is 4. The molecule has 0 fully saturated rings. The predicted molar refractivity (Wildman–Crippen MR) is 155 cm³/mol. The number of halogens is 2. The van der Waals surface area contributed by atoms with Gasteiger partial charge in [-0.05, 0) is 35.2 Å². The summed E-state index contributed by atoms with van der Waals surface area (Å²) in [4.78, 5) is 16.8. The Labute approximate surface area is 234 Å². The van der Waals surface area contributed by atoms with Gasteiger partial charge in [-0.25, -0.2) is 4.79 Å². The average molecular weight is 564 g/mol. The van der Waals surface area contributed by atoms with Gasteiger partial charge in [0.2, 0.25) is 0 Å². The zero-order valence-corrected chi connectivity index (χ0v) is 22.7. The molecule has 8 heteroatoms. The van der Waals surface area contributed by atoms with E-state index in [4.69, 9.17) is 27.6 Å². The number of rotatable bonds is 9. The second-order valence-electron chi connectivity index (χ2n) is 8.79. The summed E-state index contributed by atoms with van der Waals surface area (Å²) in [6.45, 7) is 1.78. The van der Waals surface area contributed by atoms with E-state index in [0.29, 0.717) is 26.7 Å². The molecular weight excluding hydrogens is 539 g/mol. The lowest BCUT2D eigenvalue weighted by Crippen LogP contribution is -2.35. The van der Waals surface area contributed by atoms with Crippen LogP contribution in [0.4, 0.5) is 6.01 Å². The lowest BCUT2D eigenvalue weighted by atomic mass is 9.84. The van der Waals surface area contributed by atoms with Crippen molar-refractivity contribution in [1.29, 1.82) is 0 Å². The molecule has 4 aromatic carbocycles. The lowest BCUT2D eigenvalue weighted by Gasteiger charge is -2.36. The molecular formula is C30H24Cl2N2O3S. The maximum atomic E-state index is 12.4. The van der Waals surface area contributed by atoms with Gasteiger partial charge in [0.25, 0.3) is 6.01 Å². The van der Waals surface area contributed by atoms with E-state index >= 15 is 0 Å². The number of thioether (sulfide) groups is 1. The molecule has 0 spiro atoms. The third-order valence-electron chi connectivity index (χ3n) is 6.41. The molecule has 0 radical (unpaired) electrons. The second kappa shape index (κ2) is 11.1. The summed E-state index contributed by atoms with van der Waals surface area (Å²) in [6, 6.07) is 31.1. The third kappa shape index (κ3) is 4.99. The molecule has 0 saturated carbocycles. The minimum Gasteiger partial charge on any atom is -0.480 e. The van der Waals surface area contributed by atoms with Crippen molar-refractivity contribution in [2.45, 2.75) is 17.7 Å². The molecule has 1 heterocycles. The Hall–Kier alpha value is -3.45. The lowest BCUT2D eigenvalue weighted by molar-refractivity contribution is -0.137. The number of fused-ring (bicyclic) bond motifs is 1. The van der Waals surface area contributed by atoms with E-state index in [1.165, 1.54) is 11.8 Å². The van der Waals surface area contributed by atoms with E-state index in [2.05, 4.69) is 46.7 Å². The van der Waals surface area contributed by atoms with Crippen LogP contribution in [0, 0.1) is 6.92 Å². The molecule has 0 amide bonds. The molecule has 0 aliphatic rings. The van der Waals surface area contributed by atoms with Gasteiger partial charge >= 0.3 is 5.97 Å². The Bertz CT molecular complexity index is 1460. The van der Waals surface area contributed by atoms with Crippen LogP contribution in [-0.2, 0) is 9.54 Å². The highest BCUT2D eigenvalue weighted by atomic mass is 35.5. The summed E-state index contributed by atoms with van der Waals surface area (Å²) in [5.41, 5.74) is 4.63. The van der Waals surface area contributed by atoms with Gasteiger partial charge in [-0.1, -0.05) is 114 Å². The number of carboxylic acid groups (broad SMARTS) is 1. The summed E-state index contributed by atoms with van der Waals surface area (Å²) in [5.74, 6) is -0.816. The van der Waals surface area contributed by atoms with Crippen molar-refractivity contribution < 1.29 is 14.3 Å². The maximum Gasteiger partial charge on any atom is 0.327 e.